The van der Waals surface area contributed by atoms with Gasteiger partial charge in [-0.1, -0.05) is 49.1 Å². The summed E-state index contributed by atoms with van der Waals surface area (Å²) in [6.07, 6.45) is 2.55. The third kappa shape index (κ3) is 4.74. The van der Waals surface area contributed by atoms with Gasteiger partial charge in [0.15, 0.2) is 0 Å². The smallest absolute Gasteiger partial charge is 0.343 e. The average Bonchev–Trinajstić information content (AvgIpc) is 3.01. The quantitative estimate of drug-likeness (QED) is 0.158. The number of carbonyl (C=O) groups excluding carboxylic acids is 2. The zero-order valence-electron chi connectivity index (χ0n) is 16.2. The number of thiocarbonyl (C=S) groups is 1. The van der Waals surface area contributed by atoms with Crippen molar-refractivity contribution in [3.8, 4) is 5.75 Å². The van der Waals surface area contributed by atoms with E-state index in [1.165, 1.54) is 30.0 Å². The molecule has 0 bridgehead atoms. The van der Waals surface area contributed by atoms with Gasteiger partial charge in [-0.3, -0.25) is 19.8 Å². The van der Waals surface area contributed by atoms with Crippen LogP contribution in [0.5, 0.6) is 5.75 Å². The van der Waals surface area contributed by atoms with E-state index in [0.717, 1.165) is 18.1 Å². The molecule has 1 aliphatic heterocycles. The Morgan fingerprint density at radius 3 is 2.63 bits per heavy atom. The Kier molecular flexibility index (Phi) is 6.63. The highest BCUT2D eigenvalue weighted by Crippen LogP contribution is 2.34. The first-order valence-electron chi connectivity index (χ1n) is 9.14. The predicted octanol–water partition coefficient (Wildman–Crippen LogP) is 4.81. The largest absolute Gasteiger partial charge is 0.423 e. The van der Waals surface area contributed by atoms with Gasteiger partial charge in [-0.15, -0.1) is 0 Å². The number of ether oxygens (including phenoxy) is 1. The Morgan fingerprint density at radius 2 is 2.00 bits per heavy atom. The van der Waals surface area contributed by atoms with E-state index >= 15 is 0 Å². The van der Waals surface area contributed by atoms with E-state index in [2.05, 4.69) is 0 Å². The van der Waals surface area contributed by atoms with Gasteiger partial charge in [0, 0.05) is 18.2 Å². The number of rotatable bonds is 6. The van der Waals surface area contributed by atoms with E-state index in [-0.39, 0.29) is 28.9 Å². The van der Waals surface area contributed by atoms with E-state index in [4.69, 9.17) is 17.0 Å². The summed E-state index contributed by atoms with van der Waals surface area (Å²) in [6, 6.07) is 12.0. The number of hydrogen-bond donors (Lipinski definition) is 0. The summed E-state index contributed by atoms with van der Waals surface area (Å²) in [5.41, 5.74) is 0.659. The van der Waals surface area contributed by atoms with Crippen molar-refractivity contribution in [1.29, 1.82) is 0 Å². The molecule has 30 heavy (non-hydrogen) atoms. The summed E-state index contributed by atoms with van der Waals surface area (Å²) >= 11 is 6.59. The predicted molar refractivity (Wildman–Crippen MR) is 119 cm³/mol. The van der Waals surface area contributed by atoms with Gasteiger partial charge >= 0.3 is 5.97 Å². The maximum Gasteiger partial charge on any atom is 0.343 e. The molecule has 1 fully saturated rings. The molecule has 2 aromatic carbocycles. The van der Waals surface area contributed by atoms with Crippen LogP contribution < -0.4 is 4.74 Å². The van der Waals surface area contributed by atoms with Crippen LogP contribution in [-0.4, -0.2) is 32.1 Å². The number of carbonyl (C=O) groups is 2. The fraction of sp³-hybridized carbons (Fsp3) is 0.190. The van der Waals surface area contributed by atoms with Crippen LogP contribution in [0.25, 0.3) is 6.08 Å². The number of esters is 1. The van der Waals surface area contributed by atoms with Crippen LogP contribution in [0.1, 0.15) is 36.2 Å². The molecule has 1 aliphatic rings. The molecule has 0 aromatic heterocycles. The normalized spacial score (nSPS) is 16.1. The standard InChI is InChI=1S/C21H18N2O5S2/c1-3-13(2)22-19(24)18(30-21(22)29)11-14-7-9-17(10-8-14)28-20(25)15-5-4-6-16(12-15)23(26)27/h4-13H,3H2,1-2H3/b18-11+/t13-/m1/s1. The minimum Gasteiger partial charge on any atom is -0.423 e. The topological polar surface area (TPSA) is 89.8 Å². The second-order valence-corrected chi connectivity index (χ2v) is 8.25. The van der Waals surface area contributed by atoms with E-state index < -0.39 is 10.9 Å². The number of hydrogen-bond acceptors (Lipinski definition) is 7. The van der Waals surface area contributed by atoms with Gasteiger partial charge in [-0.25, -0.2) is 4.79 Å². The van der Waals surface area contributed by atoms with Crippen molar-refractivity contribution in [3.63, 3.8) is 0 Å². The Labute approximate surface area is 182 Å². The maximum absolute atomic E-state index is 12.6. The summed E-state index contributed by atoms with van der Waals surface area (Å²) in [5.74, 6) is -0.516. The van der Waals surface area contributed by atoms with Gasteiger partial charge < -0.3 is 4.74 Å². The number of thioether (sulfide) groups is 1. The molecule has 0 saturated carbocycles. The fourth-order valence-corrected chi connectivity index (χ4v) is 4.20. The summed E-state index contributed by atoms with van der Waals surface area (Å²) in [5, 5.41) is 10.8. The van der Waals surface area contributed by atoms with Crippen molar-refractivity contribution < 1.29 is 19.2 Å². The maximum atomic E-state index is 12.6. The number of amides is 1. The molecular formula is C21H18N2O5S2. The van der Waals surface area contributed by atoms with Gasteiger partial charge in [0.1, 0.15) is 10.1 Å². The third-order valence-corrected chi connectivity index (χ3v) is 5.87. The minimum atomic E-state index is -0.694. The van der Waals surface area contributed by atoms with Gasteiger partial charge in [0.25, 0.3) is 11.6 Å². The summed E-state index contributed by atoms with van der Waals surface area (Å²) in [4.78, 5) is 37.3. The molecule has 1 amide bonds. The first-order valence-corrected chi connectivity index (χ1v) is 10.4. The molecule has 7 nitrogen and oxygen atoms in total. The third-order valence-electron chi connectivity index (χ3n) is 4.54. The first-order chi connectivity index (χ1) is 14.3. The molecule has 1 atom stereocenters. The van der Waals surface area contributed by atoms with Crippen LogP contribution in [-0.2, 0) is 4.79 Å². The highest BCUT2D eigenvalue weighted by atomic mass is 32.2. The van der Waals surface area contributed by atoms with Crippen molar-refractivity contribution in [1.82, 2.24) is 4.90 Å². The second-order valence-electron chi connectivity index (χ2n) is 6.57. The Bertz CT molecular complexity index is 1050. The fourth-order valence-electron chi connectivity index (χ4n) is 2.74. The van der Waals surface area contributed by atoms with Crippen LogP contribution in [0.15, 0.2) is 53.4 Å². The molecule has 0 spiro atoms. The number of benzene rings is 2. The molecule has 1 saturated heterocycles. The highest BCUT2D eigenvalue weighted by molar-refractivity contribution is 8.26. The zero-order valence-corrected chi connectivity index (χ0v) is 17.9. The molecular weight excluding hydrogens is 424 g/mol. The molecule has 154 valence electrons. The van der Waals surface area contributed by atoms with E-state index in [9.17, 15) is 19.7 Å². The van der Waals surface area contributed by atoms with Crippen molar-refractivity contribution >= 4 is 51.9 Å². The minimum absolute atomic E-state index is 0.0407. The van der Waals surface area contributed by atoms with E-state index in [1.807, 2.05) is 13.8 Å². The molecule has 1 heterocycles. The average molecular weight is 443 g/mol. The van der Waals surface area contributed by atoms with Crippen molar-refractivity contribution in [2.24, 2.45) is 0 Å². The molecule has 0 N–H and O–H groups in total. The summed E-state index contributed by atoms with van der Waals surface area (Å²) in [7, 11) is 0. The lowest BCUT2D eigenvalue weighted by molar-refractivity contribution is -0.384. The molecule has 0 radical (unpaired) electrons. The lowest BCUT2D eigenvalue weighted by Crippen LogP contribution is -2.36. The summed E-state index contributed by atoms with van der Waals surface area (Å²) < 4.78 is 5.82. The monoisotopic (exact) mass is 442 g/mol. The highest BCUT2D eigenvalue weighted by Gasteiger charge is 2.34. The van der Waals surface area contributed by atoms with Gasteiger partial charge in [-0.2, -0.15) is 0 Å². The number of nitro groups is 1. The first kappa shape index (κ1) is 21.7. The van der Waals surface area contributed by atoms with Crippen LogP contribution in [0, 0.1) is 10.1 Å². The van der Waals surface area contributed by atoms with Crippen molar-refractivity contribution in [2.45, 2.75) is 26.3 Å². The Balaban J connectivity index is 1.71. The van der Waals surface area contributed by atoms with E-state index in [1.54, 1.807) is 35.2 Å². The van der Waals surface area contributed by atoms with Crippen LogP contribution in [0.4, 0.5) is 5.69 Å². The molecule has 0 aliphatic carbocycles. The van der Waals surface area contributed by atoms with Crippen LogP contribution in [0.2, 0.25) is 0 Å². The molecule has 3 rings (SSSR count). The lowest BCUT2D eigenvalue weighted by atomic mass is 10.2. The number of nitrogens with zero attached hydrogens (tertiary/aromatic N) is 2. The van der Waals surface area contributed by atoms with Gasteiger partial charge in [-0.05, 0) is 43.2 Å². The molecule has 0 unspecified atom stereocenters. The Morgan fingerprint density at radius 1 is 1.30 bits per heavy atom. The number of nitro benzene ring substituents is 1. The summed E-state index contributed by atoms with van der Waals surface area (Å²) in [6.45, 7) is 3.96. The molecule has 2 aromatic rings. The van der Waals surface area contributed by atoms with Crippen molar-refractivity contribution in [3.05, 3.63) is 74.7 Å². The zero-order chi connectivity index (χ0) is 21.8. The van der Waals surface area contributed by atoms with Gasteiger partial charge in [0.2, 0.25) is 0 Å². The second kappa shape index (κ2) is 9.19. The van der Waals surface area contributed by atoms with Crippen molar-refractivity contribution in [2.75, 3.05) is 0 Å². The SMILES string of the molecule is CC[C@@H](C)N1C(=O)/C(=C\c2ccc(OC(=O)c3cccc([N+](=O)[O-])c3)cc2)SC1=S. The Hall–Kier alpha value is -3.04. The van der Waals surface area contributed by atoms with Crippen LogP contribution >= 0.6 is 24.0 Å². The van der Waals surface area contributed by atoms with E-state index in [0.29, 0.717) is 9.23 Å². The molecule has 9 heteroatoms. The number of non-ortho nitro benzene ring substituents is 1. The lowest BCUT2D eigenvalue weighted by Gasteiger charge is -2.21. The van der Waals surface area contributed by atoms with Gasteiger partial charge in [0.05, 0.1) is 15.4 Å². The van der Waals surface area contributed by atoms with Crippen LogP contribution in [0.3, 0.4) is 0 Å².